The number of carbonyl (C=O) groups is 1. The number of nitrogens with one attached hydrogen (secondary N) is 1. The summed E-state index contributed by atoms with van der Waals surface area (Å²) in [5.41, 5.74) is 3.81. The van der Waals surface area contributed by atoms with E-state index in [4.69, 9.17) is 0 Å². The van der Waals surface area contributed by atoms with Crippen molar-refractivity contribution in [2.24, 2.45) is 11.8 Å². The number of nitrogens with zero attached hydrogens (tertiary/aromatic N) is 1. The molecule has 0 saturated heterocycles. The van der Waals surface area contributed by atoms with Crippen molar-refractivity contribution in [1.82, 2.24) is 4.98 Å². The maximum atomic E-state index is 13.9. The topological polar surface area (TPSA) is 42.0 Å². The average molecular weight is 449 g/mol. The summed E-state index contributed by atoms with van der Waals surface area (Å²) in [6.07, 6.45) is 3.27. The standard InChI is InChI=1S/C26H22F2N2OS/c1-15-3-2-4-21(15)25(31)18-7-5-16(6-8-18)17-9-11-20(12-10-17)29-26-30-24-22(28)13-19(27)14-23(24)32-26/h5-15,21H,2-4H2,1H3,(H,29,30)/t15-,21-/m1/s1. The van der Waals surface area contributed by atoms with Crippen molar-refractivity contribution < 1.29 is 13.6 Å². The maximum Gasteiger partial charge on any atom is 0.188 e. The van der Waals surface area contributed by atoms with Crippen LogP contribution in [0.3, 0.4) is 0 Å². The normalized spacial score (nSPS) is 18.2. The molecule has 3 aromatic carbocycles. The van der Waals surface area contributed by atoms with Gasteiger partial charge in [0.05, 0.1) is 4.70 Å². The quantitative estimate of drug-likeness (QED) is 0.320. The number of hydrogen-bond donors (Lipinski definition) is 1. The van der Waals surface area contributed by atoms with Crippen molar-refractivity contribution in [1.29, 1.82) is 0 Å². The fourth-order valence-electron chi connectivity index (χ4n) is 4.46. The first-order chi connectivity index (χ1) is 15.5. The molecule has 32 heavy (non-hydrogen) atoms. The first-order valence-electron chi connectivity index (χ1n) is 10.8. The lowest BCUT2D eigenvalue weighted by Crippen LogP contribution is -2.17. The fraction of sp³-hybridized carbons (Fsp3) is 0.231. The van der Waals surface area contributed by atoms with E-state index in [-0.39, 0.29) is 17.2 Å². The predicted octanol–water partition coefficient (Wildman–Crippen LogP) is 7.60. The van der Waals surface area contributed by atoms with Gasteiger partial charge in [-0.25, -0.2) is 13.8 Å². The van der Waals surface area contributed by atoms with E-state index in [9.17, 15) is 13.6 Å². The molecule has 0 radical (unpaired) electrons. The number of Topliss-reactive ketones (excluding diaryl/α,β-unsaturated/α-hetero) is 1. The predicted molar refractivity (Wildman–Crippen MR) is 126 cm³/mol. The number of carbonyl (C=O) groups excluding carboxylic acids is 1. The Morgan fingerprint density at radius 3 is 2.34 bits per heavy atom. The number of halogens is 2. The fourth-order valence-corrected chi connectivity index (χ4v) is 5.38. The van der Waals surface area contributed by atoms with Gasteiger partial charge in [0, 0.05) is 23.2 Å². The molecule has 1 aliphatic rings. The minimum absolute atomic E-state index is 0.152. The first kappa shape index (κ1) is 20.8. The molecule has 1 aliphatic carbocycles. The Morgan fingerprint density at radius 1 is 1.00 bits per heavy atom. The molecule has 3 nitrogen and oxygen atoms in total. The molecule has 0 aliphatic heterocycles. The highest BCUT2D eigenvalue weighted by molar-refractivity contribution is 7.22. The summed E-state index contributed by atoms with van der Waals surface area (Å²) >= 11 is 1.20. The zero-order chi connectivity index (χ0) is 22.2. The molecule has 5 rings (SSSR count). The summed E-state index contributed by atoms with van der Waals surface area (Å²) in [5.74, 6) is -0.399. The molecule has 0 spiro atoms. The van der Waals surface area contributed by atoms with Crippen molar-refractivity contribution in [2.45, 2.75) is 26.2 Å². The zero-order valence-electron chi connectivity index (χ0n) is 17.6. The van der Waals surface area contributed by atoms with E-state index in [1.54, 1.807) is 0 Å². The molecule has 0 unspecified atom stereocenters. The lowest BCUT2D eigenvalue weighted by atomic mass is 9.89. The highest BCUT2D eigenvalue weighted by Gasteiger charge is 2.30. The lowest BCUT2D eigenvalue weighted by Gasteiger charge is -2.14. The van der Waals surface area contributed by atoms with Gasteiger partial charge in [0.25, 0.3) is 0 Å². The zero-order valence-corrected chi connectivity index (χ0v) is 18.4. The summed E-state index contributed by atoms with van der Waals surface area (Å²) in [4.78, 5) is 17.0. The second kappa shape index (κ2) is 8.43. The van der Waals surface area contributed by atoms with Crippen molar-refractivity contribution in [2.75, 3.05) is 5.32 Å². The minimum atomic E-state index is -0.663. The Bertz CT molecular complexity index is 1280. The van der Waals surface area contributed by atoms with Gasteiger partial charge in [0.1, 0.15) is 11.3 Å². The van der Waals surface area contributed by atoms with Gasteiger partial charge in [-0.3, -0.25) is 4.79 Å². The van der Waals surface area contributed by atoms with Crippen LogP contribution < -0.4 is 5.32 Å². The monoisotopic (exact) mass is 448 g/mol. The Balaban J connectivity index is 1.30. The highest BCUT2D eigenvalue weighted by Crippen LogP contribution is 2.34. The number of fused-ring (bicyclic) bond motifs is 1. The minimum Gasteiger partial charge on any atom is -0.332 e. The van der Waals surface area contributed by atoms with Crippen LogP contribution in [0, 0.1) is 23.5 Å². The van der Waals surface area contributed by atoms with Gasteiger partial charge in [-0.15, -0.1) is 0 Å². The van der Waals surface area contributed by atoms with E-state index in [0.717, 1.165) is 47.7 Å². The third kappa shape index (κ3) is 4.02. The molecule has 0 amide bonds. The number of hydrogen-bond acceptors (Lipinski definition) is 4. The maximum absolute atomic E-state index is 13.9. The number of ketones is 1. The largest absolute Gasteiger partial charge is 0.332 e. The average Bonchev–Trinajstić information content (AvgIpc) is 3.40. The van der Waals surface area contributed by atoms with Crippen LogP contribution in [0.4, 0.5) is 19.6 Å². The van der Waals surface area contributed by atoms with E-state index in [1.807, 2.05) is 48.5 Å². The van der Waals surface area contributed by atoms with E-state index >= 15 is 0 Å². The van der Waals surface area contributed by atoms with Crippen LogP contribution >= 0.6 is 11.3 Å². The Morgan fingerprint density at radius 2 is 1.69 bits per heavy atom. The van der Waals surface area contributed by atoms with Crippen LogP contribution in [0.5, 0.6) is 0 Å². The second-order valence-corrected chi connectivity index (χ2v) is 9.44. The molecular weight excluding hydrogens is 426 g/mol. The van der Waals surface area contributed by atoms with E-state index in [1.165, 1.54) is 17.4 Å². The molecule has 0 bridgehead atoms. The van der Waals surface area contributed by atoms with Crippen LogP contribution in [0.1, 0.15) is 36.5 Å². The van der Waals surface area contributed by atoms with Gasteiger partial charge in [-0.2, -0.15) is 0 Å². The lowest BCUT2D eigenvalue weighted by molar-refractivity contribution is 0.0897. The molecule has 1 heterocycles. The van der Waals surface area contributed by atoms with Crippen LogP contribution in [0.15, 0.2) is 60.7 Å². The van der Waals surface area contributed by atoms with Crippen LogP contribution in [-0.2, 0) is 0 Å². The van der Waals surface area contributed by atoms with E-state index in [2.05, 4.69) is 17.2 Å². The summed E-state index contributed by atoms with van der Waals surface area (Å²) in [6, 6.07) is 17.7. The molecule has 2 atom stereocenters. The molecule has 1 aromatic heterocycles. The first-order valence-corrected chi connectivity index (χ1v) is 11.6. The van der Waals surface area contributed by atoms with Gasteiger partial charge >= 0.3 is 0 Å². The van der Waals surface area contributed by atoms with Gasteiger partial charge in [0.2, 0.25) is 0 Å². The third-order valence-electron chi connectivity index (χ3n) is 6.25. The SMILES string of the molecule is C[C@@H]1CCC[C@H]1C(=O)c1ccc(-c2ccc(Nc3nc4c(F)cc(F)cc4s3)cc2)cc1. The summed E-state index contributed by atoms with van der Waals surface area (Å²) in [7, 11) is 0. The number of thiazole rings is 1. The van der Waals surface area contributed by atoms with Crippen LogP contribution in [0.2, 0.25) is 0 Å². The Kier molecular flexibility index (Phi) is 5.47. The van der Waals surface area contributed by atoms with Crippen molar-refractivity contribution >= 4 is 38.2 Å². The second-order valence-electron chi connectivity index (χ2n) is 8.41. The van der Waals surface area contributed by atoms with Crippen molar-refractivity contribution in [3.05, 3.63) is 77.9 Å². The van der Waals surface area contributed by atoms with Gasteiger partial charge in [-0.05, 0) is 48.1 Å². The summed E-state index contributed by atoms with van der Waals surface area (Å²) in [5, 5.41) is 3.65. The summed E-state index contributed by atoms with van der Waals surface area (Å²) < 4.78 is 27.7. The van der Waals surface area contributed by atoms with Gasteiger partial charge in [-0.1, -0.05) is 61.1 Å². The highest BCUT2D eigenvalue weighted by atomic mass is 32.1. The van der Waals surface area contributed by atoms with Crippen molar-refractivity contribution in [3.8, 4) is 11.1 Å². The number of aromatic nitrogens is 1. The molecule has 1 N–H and O–H groups in total. The van der Waals surface area contributed by atoms with E-state index in [0.29, 0.717) is 15.7 Å². The Hall–Kier alpha value is -3.12. The van der Waals surface area contributed by atoms with Crippen LogP contribution in [-0.4, -0.2) is 10.8 Å². The molecule has 4 aromatic rings. The third-order valence-corrected chi connectivity index (χ3v) is 7.17. The van der Waals surface area contributed by atoms with Gasteiger partial charge < -0.3 is 5.32 Å². The van der Waals surface area contributed by atoms with Gasteiger partial charge in [0.15, 0.2) is 16.7 Å². The molecule has 6 heteroatoms. The molecule has 1 saturated carbocycles. The molecular formula is C26H22F2N2OS. The van der Waals surface area contributed by atoms with Crippen LogP contribution in [0.25, 0.3) is 21.3 Å². The summed E-state index contributed by atoms with van der Waals surface area (Å²) in [6.45, 7) is 2.17. The van der Waals surface area contributed by atoms with Crippen molar-refractivity contribution in [3.63, 3.8) is 0 Å². The molecule has 162 valence electrons. The number of benzene rings is 3. The smallest absolute Gasteiger partial charge is 0.188 e. The number of rotatable bonds is 5. The van der Waals surface area contributed by atoms with E-state index < -0.39 is 11.6 Å². The molecule has 1 fully saturated rings. The Labute approximate surface area is 189 Å². The number of anilines is 2.